The van der Waals surface area contributed by atoms with E-state index in [1.54, 1.807) is 6.92 Å². The van der Waals surface area contributed by atoms with Gasteiger partial charge in [0.1, 0.15) is 0 Å². The number of unbranched alkanes of at least 4 members (excludes halogenated alkanes) is 1. The van der Waals surface area contributed by atoms with E-state index >= 15 is 0 Å². The average Bonchev–Trinajstić information content (AvgIpc) is 2.19. The fraction of sp³-hybridized carbons (Fsp3) is 0.750. The zero-order valence-corrected chi connectivity index (χ0v) is 10.1. The maximum atomic E-state index is 11.4. The largest absolute Gasteiger partial charge is 0.295 e. The number of hydrogen-bond donors (Lipinski definition) is 0. The maximum Gasteiger partial charge on any atom is 0.156 e. The molecule has 0 atom stereocenters. The van der Waals surface area contributed by atoms with Crippen LogP contribution >= 0.6 is 11.8 Å². The van der Waals surface area contributed by atoms with Crippen LogP contribution in [0.4, 0.5) is 0 Å². The molecule has 1 rings (SSSR count). The number of hydrogen-bond acceptors (Lipinski definition) is 2. The summed E-state index contributed by atoms with van der Waals surface area (Å²) in [6.45, 7) is 3.92. The Morgan fingerprint density at radius 3 is 2.71 bits per heavy atom. The zero-order chi connectivity index (χ0) is 10.4. The molecule has 0 heterocycles. The van der Waals surface area contributed by atoms with E-state index in [-0.39, 0.29) is 0 Å². The lowest BCUT2D eigenvalue weighted by molar-refractivity contribution is -0.113. The number of carbonyl (C=O) groups excluding carboxylic acids is 1. The molecule has 1 aliphatic carbocycles. The molecule has 0 spiro atoms. The van der Waals surface area contributed by atoms with E-state index in [1.165, 1.54) is 36.3 Å². The van der Waals surface area contributed by atoms with Crippen molar-refractivity contribution in [2.45, 2.75) is 52.4 Å². The standard InChI is InChI=1S/C12H20OS/c1-3-4-9-14-12-8-6-5-7-11(12)10(2)13/h3-9H2,1-2H3. The van der Waals surface area contributed by atoms with E-state index in [0.29, 0.717) is 5.78 Å². The maximum absolute atomic E-state index is 11.4. The molecule has 80 valence electrons. The average molecular weight is 212 g/mol. The lowest BCUT2D eigenvalue weighted by Crippen LogP contribution is -2.05. The number of thioether (sulfide) groups is 1. The van der Waals surface area contributed by atoms with Gasteiger partial charge in [-0.25, -0.2) is 0 Å². The molecule has 0 bridgehead atoms. The molecule has 14 heavy (non-hydrogen) atoms. The highest BCUT2D eigenvalue weighted by molar-refractivity contribution is 8.03. The van der Waals surface area contributed by atoms with Gasteiger partial charge in [-0.05, 0) is 49.7 Å². The second-order valence-corrected chi connectivity index (χ2v) is 5.06. The minimum Gasteiger partial charge on any atom is -0.295 e. The summed E-state index contributed by atoms with van der Waals surface area (Å²) < 4.78 is 0. The van der Waals surface area contributed by atoms with E-state index < -0.39 is 0 Å². The minimum atomic E-state index is 0.295. The summed E-state index contributed by atoms with van der Waals surface area (Å²) in [4.78, 5) is 12.8. The number of Topliss-reactive ketones (excluding diaryl/α,β-unsaturated/α-hetero) is 1. The molecule has 0 saturated heterocycles. The van der Waals surface area contributed by atoms with Crippen LogP contribution in [0.25, 0.3) is 0 Å². The van der Waals surface area contributed by atoms with E-state index in [1.807, 2.05) is 11.8 Å². The van der Waals surface area contributed by atoms with Crippen LogP contribution in [0, 0.1) is 0 Å². The fourth-order valence-corrected chi connectivity index (χ4v) is 3.14. The highest BCUT2D eigenvalue weighted by Crippen LogP contribution is 2.33. The first-order valence-corrected chi connectivity index (χ1v) is 6.60. The van der Waals surface area contributed by atoms with Crippen LogP contribution < -0.4 is 0 Å². The predicted octanol–water partition coefficient (Wildman–Crippen LogP) is 3.94. The van der Waals surface area contributed by atoms with Gasteiger partial charge in [-0.3, -0.25) is 4.79 Å². The van der Waals surface area contributed by atoms with Crippen LogP contribution in [-0.2, 0) is 4.79 Å². The van der Waals surface area contributed by atoms with Gasteiger partial charge in [-0.15, -0.1) is 11.8 Å². The van der Waals surface area contributed by atoms with Crippen LogP contribution in [-0.4, -0.2) is 11.5 Å². The normalized spacial score (nSPS) is 17.3. The van der Waals surface area contributed by atoms with Gasteiger partial charge < -0.3 is 0 Å². The molecule has 0 unspecified atom stereocenters. The van der Waals surface area contributed by atoms with Gasteiger partial charge in [-0.1, -0.05) is 13.3 Å². The van der Waals surface area contributed by atoms with Gasteiger partial charge in [0.05, 0.1) is 0 Å². The number of carbonyl (C=O) groups is 1. The van der Waals surface area contributed by atoms with Crippen LogP contribution in [0.15, 0.2) is 10.5 Å². The molecular formula is C12H20OS. The minimum absolute atomic E-state index is 0.295. The van der Waals surface area contributed by atoms with Crippen molar-refractivity contribution in [2.75, 3.05) is 5.75 Å². The Balaban J connectivity index is 2.54. The van der Waals surface area contributed by atoms with Gasteiger partial charge in [0.2, 0.25) is 0 Å². The fourth-order valence-electron chi connectivity index (χ4n) is 1.75. The van der Waals surface area contributed by atoms with Gasteiger partial charge in [0.25, 0.3) is 0 Å². The van der Waals surface area contributed by atoms with Crippen LogP contribution in [0.2, 0.25) is 0 Å². The molecular weight excluding hydrogens is 192 g/mol. The Morgan fingerprint density at radius 2 is 2.07 bits per heavy atom. The molecule has 0 N–H and O–H groups in total. The van der Waals surface area contributed by atoms with Gasteiger partial charge in [0.15, 0.2) is 5.78 Å². The summed E-state index contributed by atoms with van der Waals surface area (Å²) in [7, 11) is 0. The Bertz CT molecular complexity index is 230. The van der Waals surface area contributed by atoms with Gasteiger partial charge in [0, 0.05) is 5.57 Å². The molecule has 1 aliphatic rings. The summed E-state index contributed by atoms with van der Waals surface area (Å²) in [5.41, 5.74) is 1.12. The van der Waals surface area contributed by atoms with Crippen LogP contribution in [0.3, 0.4) is 0 Å². The van der Waals surface area contributed by atoms with E-state index in [2.05, 4.69) is 6.92 Å². The van der Waals surface area contributed by atoms with E-state index in [0.717, 1.165) is 18.4 Å². The molecule has 0 amide bonds. The van der Waals surface area contributed by atoms with E-state index in [4.69, 9.17) is 0 Å². The van der Waals surface area contributed by atoms with Crippen molar-refractivity contribution in [3.63, 3.8) is 0 Å². The molecule has 1 nitrogen and oxygen atoms in total. The lowest BCUT2D eigenvalue weighted by atomic mass is 9.97. The molecule has 0 saturated carbocycles. The molecule has 0 aromatic heterocycles. The van der Waals surface area contributed by atoms with Crippen LogP contribution in [0.1, 0.15) is 52.4 Å². The Morgan fingerprint density at radius 1 is 1.36 bits per heavy atom. The topological polar surface area (TPSA) is 17.1 Å². The number of ketones is 1. The highest BCUT2D eigenvalue weighted by Gasteiger charge is 2.15. The Kier molecular flexibility index (Phi) is 5.31. The molecule has 0 aromatic carbocycles. The summed E-state index contributed by atoms with van der Waals surface area (Å²) >= 11 is 1.92. The summed E-state index contributed by atoms with van der Waals surface area (Å²) in [5, 5.41) is 0. The zero-order valence-electron chi connectivity index (χ0n) is 9.27. The first-order chi connectivity index (χ1) is 6.75. The lowest BCUT2D eigenvalue weighted by Gasteiger charge is -2.17. The molecule has 2 heteroatoms. The monoisotopic (exact) mass is 212 g/mol. The van der Waals surface area contributed by atoms with Gasteiger partial charge in [-0.2, -0.15) is 0 Å². The van der Waals surface area contributed by atoms with Crippen LogP contribution in [0.5, 0.6) is 0 Å². The Hall–Kier alpha value is -0.240. The molecule has 0 radical (unpaired) electrons. The smallest absolute Gasteiger partial charge is 0.156 e. The third kappa shape index (κ3) is 3.49. The number of rotatable bonds is 5. The van der Waals surface area contributed by atoms with Crippen molar-refractivity contribution in [1.29, 1.82) is 0 Å². The summed E-state index contributed by atoms with van der Waals surface area (Å²) in [6, 6.07) is 0. The molecule has 0 aromatic rings. The van der Waals surface area contributed by atoms with Crippen molar-refractivity contribution in [2.24, 2.45) is 0 Å². The third-order valence-electron chi connectivity index (χ3n) is 2.62. The van der Waals surface area contributed by atoms with Gasteiger partial charge >= 0.3 is 0 Å². The Labute approximate surface area is 91.3 Å². The summed E-state index contributed by atoms with van der Waals surface area (Å²) in [5.74, 6) is 1.48. The summed E-state index contributed by atoms with van der Waals surface area (Å²) in [6.07, 6.45) is 7.14. The SMILES string of the molecule is CCCCSC1=C(C(C)=O)CCCC1. The first kappa shape index (κ1) is 11.8. The third-order valence-corrected chi connectivity index (χ3v) is 3.91. The number of allylic oxidation sites excluding steroid dienone is 2. The highest BCUT2D eigenvalue weighted by atomic mass is 32.2. The van der Waals surface area contributed by atoms with E-state index in [9.17, 15) is 4.79 Å². The van der Waals surface area contributed by atoms with Crippen molar-refractivity contribution in [3.8, 4) is 0 Å². The molecule has 0 aliphatic heterocycles. The quantitative estimate of drug-likeness (QED) is 0.642. The second kappa shape index (κ2) is 6.28. The second-order valence-electron chi connectivity index (χ2n) is 3.87. The van der Waals surface area contributed by atoms with Crippen molar-refractivity contribution in [3.05, 3.63) is 10.5 Å². The first-order valence-electron chi connectivity index (χ1n) is 5.61. The molecule has 0 fully saturated rings. The predicted molar refractivity (Wildman–Crippen MR) is 63.5 cm³/mol. The van der Waals surface area contributed by atoms with Crippen molar-refractivity contribution < 1.29 is 4.79 Å². The van der Waals surface area contributed by atoms with Crippen molar-refractivity contribution >= 4 is 17.5 Å². The van der Waals surface area contributed by atoms with Crippen molar-refractivity contribution in [1.82, 2.24) is 0 Å².